The number of nitrogens with one attached hydrogen (secondary N) is 1. The lowest BCUT2D eigenvalue weighted by Gasteiger charge is -2.35. The van der Waals surface area contributed by atoms with E-state index in [1.807, 2.05) is 26.1 Å². The number of nitrogens with zero attached hydrogens (tertiary/aromatic N) is 2. The minimum absolute atomic E-state index is 0.226. The van der Waals surface area contributed by atoms with Gasteiger partial charge in [-0.05, 0) is 48.2 Å². The molecule has 33 heavy (non-hydrogen) atoms. The standard InChI is InChI=1S/C26H24FN3O3/c1-15(2)23(30-24(31)19-5-3-4-6-20(19)25(30)32)26(33)29-11-9-16(10-12-29)21-14-28-22-13-17(27)7-8-18(21)22/h3-9,13-15,23,28H,10-12H2,1-2H3. The summed E-state index contributed by atoms with van der Waals surface area (Å²) < 4.78 is 13.5. The molecule has 1 aromatic heterocycles. The number of aromatic nitrogens is 1. The lowest BCUT2D eigenvalue weighted by molar-refractivity contribution is -0.136. The normalized spacial score (nSPS) is 17.0. The molecule has 1 N–H and O–H groups in total. The molecule has 0 fully saturated rings. The molecule has 1 unspecified atom stereocenters. The van der Waals surface area contributed by atoms with Crippen LogP contribution in [0.1, 0.15) is 46.5 Å². The number of H-pyrrole nitrogens is 1. The van der Waals surface area contributed by atoms with Crippen LogP contribution in [0.3, 0.4) is 0 Å². The molecule has 0 radical (unpaired) electrons. The quantitative estimate of drug-likeness (QED) is 0.611. The van der Waals surface area contributed by atoms with Crippen molar-refractivity contribution in [2.24, 2.45) is 5.92 Å². The number of halogens is 1. The first-order valence-corrected chi connectivity index (χ1v) is 11.1. The molecular formula is C26H24FN3O3. The van der Waals surface area contributed by atoms with Crippen LogP contribution in [0.4, 0.5) is 4.39 Å². The van der Waals surface area contributed by atoms with E-state index in [0.29, 0.717) is 30.6 Å². The molecule has 0 spiro atoms. The number of amides is 3. The molecule has 168 valence electrons. The van der Waals surface area contributed by atoms with Gasteiger partial charge in [0, 0.05) is 35.8 Å². The lowest BCUT2D eigenvalue weighted by Crippen LogP contribution is -2.54. The fourth-order valence-electron chi connectivity index (χ4n) is 4.82. The van der Waals surface area contributed by atoms with Gasteiger partial charge in [0.15, 0.2) is 0 Å². The summed E-state index contributed by atoms with van der Waals surface area (Å²) in [5, 5.41) is 0.938. The highest BCUT2D eigenvalue weighted by Gasteiger charge is 2.45. The number of fused-ring (bicyclic) bond motifs is 2. The minimum atomic E-state index is -0.858. The molecule has 3 aromatic rings. The first-order valence-electron chi connectivity index (χ1n) is 11.1. The van der Waals surface area contributed by atoms with E-state index in [1.54, 1.807) is 35.2 Å². The van der Waals surface area contributed by atoms with Crippen molar-refractivity contribution < 1.29 is 18.8 Å². The zero-order valence-corrected chi connectivity index (χ0v) is 18.5. The number of carbonyl (C=O) groups is 3. The second-order valence-electron chi connectivity index (χ2n) is 8.87. The second-order valence-corrected chi connectivity index (χ2v) is 8.87. The van der Waals surface area contributed by atoms with Gasteiger partial charge in [-0.2, -0.15) is 0 Å². The van der Waals surface area contributed by atoms with Gasteiger partial charge in [-0.25, -0.2) is 4.39 Å². The van der Waals surface area contributed by atoms with Gasteiger partial charge in [0.1, 0.15) is 11.9 Å². The van der Waals surface area contributed by atoms with Gasteiger partial charge in [0.25, 0.3) is 11.8 Å². The molecule has 2 aliphatic heterocycles. The number of carbonyl (C=O) groups excluding carboxylic acids is 3. The smallest absolute Gasteiger partial charge is 0.262 e. The van der Waals surface area contributed by atoms with E-state index >= 15 is 0 Å². The monoisotopic (exact) mass is 445 g/mol. The zero-order chi connectivity index (χ0) is 23.3. The maximum Gasteiger partial charge on any atom is 0.262 e. The number of imide groups is 1. The van der Waals surface area contributed by atoms with Crippen molar-refractivity contribution in [3.05, 3.63) is 77.2 Å². The van der Waals surface area contributed by atoms with Crippen LogP contribution in [-0.4, -0.2) is 51.6 Å². The molecule has 3 amide bonds. The number of hydrogen-bond acceptors (Lipinski definition) is 3. The Kier molecular flexibility index (Phi) is 5.12. The van der Waals surface area contributed by atoms with Gasteiger partial charge >= 0.3 is 0 Å². The third kappa shape index (κ3) is 3.44. The zero-order valence-electron chi connectivity index (χ0n) is 18.5. The van der Waals surface area contributed by atoms with Crippen LogP contribution in [0.2, 0.25) is 0 Å². The predicted molar refractivity (Wildman–Crippen MR) is 123 cm³/mol. The van der Waals surface area contributed by atoms with Crippen molar-refractivity contribution in [1.29, 1.82) is 0 Å². The van der Waals surface area contributed by atoms with Gasteiger partial charge in [-0.1, -0.05) is 32.1 Å². The number of hydrogen-bond donors (Lipinski definition) is 1. The van der Waals surface area contributed by atoms with Crippen molar-refractivity contribution in [3.8, 4) is 0 Å². The van der Waals surface area contributed by atoms with E-state index in [0.717, 1.165) is 26.9 Å². The summed E-state index contributed by atoms with van der Waals surface area (Å²) in [4.78, 5) is 45.4. The average Bonchev–Trinajstić information content (AvgIpc) is 3.33. The number of aromatic amines is 1. The van der Waals surface area contributed by atoms with Gasteiger partial charge in [-0.15, -0.1) is 0 Å². The largest absolute Gasteiger partial charge is 0.360 e. The molecule has 5 rings (SSSR count). The number of benzene rings is 2. The van der Waals surface area contributed by atoms with E-state index in [4.69, 9.17) is 0 Å². The van der Waals surface area contributed by atoms with Crippen LogP contribution in [0.15, 0.2) is 54.7 Å². The summed E-state index contributed by atoms with van der Waals surface area (Å²) in [6.07, 6.45) is 4.49. The highest BCUT2D eigenvalue weighted by molar-refractivity contribution is 6.22. The molecule has 6 nitrogen and oxygen atoms in total. The highest BCUT2D eigenvalue weighted by Crippen LogP contribution is 2.32. The predicted octanol–water partition coefficient (Wildman–Crippen LogP) is 4.24. The topological polar surface area (TPSA) is 73.5 Å². The van der Waals surface area contributed by atoms with Crippen LogP contribution in [-0.2, 0) is 4.79 Å². The van der Waals surface area contributed by atoms with Crippen molar-refractivity contribution >= 4 is 34.2 Å². The Balaban J connectivity index is 1.38. The molecule has 2 aliphatic rings. The first-order chi connectivity index (χ1) is 15.9. The molecule has 2 aromatic carbocycles. The van der Waals surface area contributed by atoms with E-state index in [-0.39, 0.29) is 17.6 Å². The van der Waals surface area contributed by atoms with Crippen LogP contribution < -0.4 is 0 Å². The maximum absolute atomic E-state index is 13.5. The average molecular weight is 445 g/mol. The summed E-state index contributed by atoms with van der Waals surface area (Å²) in [6, 6.07) is 10.5. The van der Waals surface area contributed by atoms with E-state index in [1.165, 1.54) is 12.1 Å². The summed E-state index contributed by atoms with van der Waals surface area (Å²) in [5.74, 6) is -1.58. The Morgan fingerprint density at radius 1 is 1.03 bits per heavy atom. The van der Waals surface area contributed by atoms with Gasteiger partial charge < -0.3 is 9.88 Å². The lowest BCUT2D eigenvalue weighted by atomic mass is 9.96. The van der Waals surface area contributed by atoms with Crippen LogP contribution in [0.5, 0.6) is 0 Å². The van der Waals surface area contributed by atoms with E-state index in [2.05, 4.69) is 4.98 Å². The van der Waals surface area contributed by atoms with Crippen LogP contribution in [0, 0.1) is 11.7 Å². The SMILES string of the molecule is CC(C)C(C(=O)N1CC=C(c2c[nH]c3cc(F)ccc23)CC1)N1C(=O)c2ccccc2C1=O. The Bertz CT molecular complexity index is 1290. The minimum Gasteiger partial charge on any atom is -0.360 e. The third-order valence-corrected chi connectivity index (χ3v) is 6.50. The summed E-state index contributed by atoms with van der Waals surface area (Å²) in [7, 11) is 0. The second kappa shape index (κ2) is 7.99. The Morgan fingerprint density at radius 3 is 2.33 bits per heavy atom. The number of rotatable bonds is 4. The van der Waals surface area contributed by atoms with E-state index in [9.17, 15) is 18.8 Å². The first kappa shape index (κ1) is 21.1. The van der Waals surface area contributed by atoms with Crippen LogP contribution in [0.25, 0.3) is 16.5 Å². The van der Waals surface area contributed by atoms with Crippen molar-refractivity contribution in [3.63, 3.8) is 0 Å². The molecule has 1 atom stereocenters. The van der Waals surface area contributed by atoms with Crippen LogP contribution >= 0.6 is 0 Å². The van der Waals surface area contributed by atoms with Crippen molar-refractivity contribution in [2.45, 2.75) is 26.3 Å². The Morgan fingerprint density at radius 2 is 1.73 bits per heavy atom. The molecule has 0 saturated heterocycles. The molecule has 0 saturated carbocycles. The fraction of sp³-hybridized carbons (Fsp3) is 0.269. The molecule has 7 heteroatoms. The highest BCUT2D eigenvalue weighted by atomic mass is 19.1. The van der Waals surface area contributed by atoms with Gasteiger partial charge in [0.2, 0.25) is 5.91 Å². The molecule has 0 aliphatic carbocycles. The maximum atomic E-state index is 13.5. The Hall–Kier alpha value is -3.74. The molecule has 3 heterocycles. The van der Waals surface area contributed by atoms with E-state index < -0.39 is 17.9 Å². The van der Waals surface area contributed by atoms with Gasteiger partial charge in [0.05, 0.1) is 11.1 Å². The summed E-state index contributed by atoms with van der Waals surface area (Å²) >= 11 is 0. The van der Waals surface area contributed by atoms with Crippen molar-refractivity contribution in [1.82, 2.24) is 14.8 Å². The third-order valence-electron chi connectivity index (χ3n) is 6.50. The molecular weight excluding hydrogens is 421 g/mol. The molecule has 0 bridgehead atoms. The summed E-state index contributed by atoms with van der Waals surface area (Å²) in [5.41, 5.74) is 3.50. The fourth-order valence-corrected chi connectivity index (χ4v) is 4.82. The van der Waals surface area contributed by atoms with Gasteiger partial charge in [-0.3, -0.25) is 19.3 Å². The Labute approximate surface area is 190 Å². The van der Waals surface area contributed by atoms with Crippen molar-refractivity contribution in [2.75, 3.05) is 13.1 Å². The summed E-state index contributed by atoms with van der Waals surface area (Å²) in [6.45, 7) is 4.56.